The maximum atomic E-state index is 13.3. The molecule has 162 valence electrons. The van der Waals surface area contributed by atoms with Crippen LogP contribution in [-0.4, -0.2) is 35.4 Å². The molecule has 6 heteroatoms. The van der Waals surface area contributed by atoms with Crippen molar-refractivity contribution in [3.8, 4) is 5.75 Å². The lowest BCUT2D eigenvalue weighted by Gasteiger charge is -2.29. The van der Waals surface area contributed by atoms with Crippen molar-refractivity contribution < 1.29 is 18.7 Å². The highest BCUT2D eigenvalue weighted by Crippen LogP contribution is 2.17. The van der Waals surface area contributed by atoms with Crippen molar-refractivity contribution in [3.63, 3.8) is 0 Å². The highest BCUT2D eigenvalue weighted by atomic mass is 19.1. The molecular formula is C24H31FN2O3. The lowest BCUT2D eigenvalue weighted by atomic mass is 10.1. The van der Waals surface area contributed by atoms with Gasteiger partial charge in [0.2, 0.25) is 5.91 Å². The van der Waals surface area contributed by atoms with Crippen LogP contribution in [0, 0.1) is 19.7 Å². The number of carbonyl (C=O) groups is 2. The van der Waals surface area contributed by atoms with E-state index in [9.17, 15) is 14.0 Å². The monoisotopic (exact) mass is 414 g/mol. The summed E-state index contributed by atoms with van der Waals surface area (Å²) in [6, 6.07) is 11.0. The number of aryl methyl sites for hydroxylation is 2. The molecule has 0 saturated heterocycles. The largest absolute Gasteiger partial charge is 0.484 e. The van der Waals surface area contributed by atoms with Gasteiger partial charge in [-0.1, -0.05) is 25.1 Å². The fourth-order valence-electron chi connectivity index (χ4n) is 3.08. The quantitative estimate of drug-likeness (QED) is 0.671. The second kappa shape index (κ2) is 10.8. The molecule has 2 atom stereocenters. The molecule has 0 bridgehead atoms. The van der Waals surface area contributed by atoms with Crippen LogP contribution in [0.2, 0.25) is 0 Å². The summed E-state index contributed by atoms with van der Waals surface area (Å²) in [6.07, 6.45) is 0.792. The van der Waals surface area contributed by atoms with E-state index >= 15 is 0 Å². The first-order chi connectivity index (χ1) is 14.2. The van der Waals surface area contributed by atoms with Gasteiger partial charge >= 0.3 is 0 Å². The summed E-state index contributed by atoms with van der Waals surface area (Å²) in [5, 5.41) is 2.91. The predicted molar refractivity (Wildman–Crippen MR) is 116 cm³/mol. The molecule has 5 nitrogen and oxygen atoms in total. The van der Waals surface area contributed by atoms with Crippen LogP contribution in [0.3, 0.4) is 0 Å². The zero-order chi connectivity index (χ0) is 22.3. The van der Waals surface area contributed by atoms with Gasteiger partial charge in [-0.05, 0) is 75.1 Å². The molecule has 0 aromatic heterocycles. The zero-order valence-electron chi connectivity index (χ0n) is 18.4. The number of hydrogen-bond donors (Lipinski definition) is 1. The summed E-state index contributed by atoms with van der Waals surface area (Å²) in [5.74, 6) is -0.284. The molecule has 30 heavy (non-hydrogen) atoms. The fraction of sp³-hybridized carbons (Fsp3) is 0.417. The summed E-state index contributed by atoms with van der Waals surface area (Å²) < 4.78 is 19.0. The number of halogens is 1. The highest BCUT2D eigenvalue weighted by molar-refractivity contribution is 5.88. The minimum absolute atomic E-state index is 0.00856. The summed E-state index contributed by atoms with van der Waals surface area (Å²) in [5.41, 5.74) is 2.82. The lowest BCUT2D eigenvalue weighted by molar-refractivity contribution is -0.142. The maximum absolute atomic E-state index is 13.3. The van der Waals surface area contributed by atoms with Crippen molar-refractivity contribution in [2.45, 2.75) is 59.7 Å². The van der Waals surface area contributed by atoms with E-state index in [0.29, 0.717) is 5.75 Å². The molecule has 2 aromatic rings. The smallest absolute Gasteiger partial charge is 0.261 e. The summed E-state index contributed by atoms with van der Waals surface area (Å²) in [4.78, 5) is 27.1. The number of amides is 2. The van der Waals surface area contributed by atoms with Gasteiger partial charge in [0, 0.05) is 12.6 Å². The molecular weight excluding hydrogens is 383 g/mol. The summed E-state index contributed by atoms with van der Waals surface area (Å²) in [7, 11) is 0. The van der Waals surface area contributed by atoms with E-state index in [1.165, 1.54) is 17.0 Å². The van der Waals surface area contributed by atoms with Gasteiger partial charge < -0.3 is 15.0 Å². The molecule has 0 unspecified atom stereocenters. The van der Waals surface area contributed by atoms with Crippen LogP contribution in [0.15, 0.2) is 42.5 Å². The normalized spacial score (nSPS) is 12.7. The van der Waals surface area contributed by atoms with Crippen molar-refractivity contribution in [3.05, 3.63) is 65.0 Å². The number of carbonyl (C=O) groups excluding carboxylic acids is 2. The zero-order valence-corrected chi connectivity index (χ0v) is 18.4. The minimum Gasteiger partial charge on any atom is -0.484 e. The van der Waals surface area contributed by atoms with E-state index in [1.54, 1.807) is 19.1 Å². The van der Waals surface area contributed by atoms with Gasteiger partial charge in [-0.3, -0.25) is 9.59 Å². The van der Waals surface area contributed by atoms with E-state index in [0.717, 1.165) is 23.1 Å². The van der Waals surface area contributed by atoms with Crippen molar-refractivity contribution in [1.29, 1.82) is 0 Å². The Hall–Kier alpha value is -2.89. The van der Waals surface area contributed by atoms with Crippen molar-refractivity contribution in [2.24, 2.45) is 0 Å². The van der Waals surface area contributed by atoms with Gasteiger partial charge in [-0.25, -0.2) is 4.39 Å². The Labute approximate surface area is 178 Å². The van der Waals surface area contributed by atoms with Crippen LogP contribution >= 0.6 is 0 Å². The number of hydrogen-bond acceptors (Lipinski definition) is 3. The van der Waals surface area contributed by atoms with E-state index < -0.39 is 6.04 Å². The van der Waals surface area contributed by atoms with Gasteiger partial charge in [0.15, 0.2) is 6.61 Å². The second-order valence-electron chi connectivity index (χ2n) is 7.75. The van der Waals surface area contributed by atoms with Crippen molar-refractivity contribution in [2.75, 3.05) is 6.61 Å². The Morgan fingerprint density at radius 2 is 1.67 bits per heavy atom. The van der Waals surface area contributed by atoms with Crippen molar-refractivity contribution >= 4 is 11.8 Å². The molecule has 0 aliphatic rings. The number of nitrogens with zero attached hydrogens (tertiary/aromatic N) is 1. The average Bonchev–Trinajstić information content (AvgIpc) is 2.70. The minimum atomic E-state index is -0.695. The molecule has 0 radical (unpaired) electrons. The van der Waals surface area contributed by atoms with E-state index in [1.807, 2.05) is 45.9 Å². The predicted octanol–water partition coefficient (Wildman–Crippen LogP) is 4.15. The Kier molecular flexibility index (Phi) is 8.39. The van der Waals surface area contributed by atoms with E-state index in [4.69, 9.17) is 4.74 Å². The molecule has 0 aliphatic heterocycles. The first-order valence-corrected chi connectivity index (χ1v) is 10.2. The maximum Gasteiger partial charge on any atom is 0.261 e. The first kappa shape index (κ1) is 23.4. The third kappa shape index (κ3) is 6.87. The molecule has 0 saturated carbocycles. The Bertz CT molecular complexity index is 847. The van der Waals surface area contributed by atoms with Crippen LogP contribution in [0.1, 0.15) is 43.9 Å². The van der Waals surface area contributed by atoms with Crippen molar-refractivity contribution in [1.82, 2.24) is 10.2 Å². The molecule has 0 fully saturated rings. The number of benzene rings is 2. The fourth-order valence-corrected chi connectivity index (χ4v) is 3.08. The van der Waals surface area contributed by atoms with Crippen LogP contribution in [-0.2, 0) is 16.1 Å². The highest BCUT2D eigenvalue weighted by Gasteiger charge is 2.27. The third-order valence-electron chi connectivity index (χ3n) is 4.99. The van der Waals surface area contributed by atoms with Gasteiger partial charge in [0.1, 0.15) is 17.6 Å². The average molecular weight is 415 g/mol. The second-order valence-corrected chi connectivity index (χ2v) is 7.75. The van der Waals surface area contributed by atoms with Gasteiger partial charge in [-0.2, -0.15) is 0 Å². The van der Waals surface area contributed by atoms with Gasteiger partial charge in [-0.15, -0.1) is 0 Å². The molecule has 0 spiro atoms. The molecule has 1 N–H and O–H groups in total. The van der Waals surface area contributed by atoms with Crippen LogP contribution in [0.25, 0.3) is 0 Å². The first-order valence-electron chi connectivity index (χ1n) is 10.2. The standard InChI is InChI=1S/C24H31FN2O3/c1-6-18(4)26-24(29)19(5)27(14-20-7-9-21(25)10-8-20)23(28)15-30-22-12-16(2)11-17(3)13-22/h7-13,18-19H,6,14-15H2,1-5H3,(H,26,29)/t18-,19-/m1/s1. The van der Waals surface area contributed by atoms with Gasteiger partial charge in [0.25, 0.3) is 5.91 Å². The molecule has 2 amide bonds. The summed E-state index contributed by atoms with van der Waals surface area (Å²) in [6.45, 7) is 9.51. The van der Waals surface area contributed by atoms with Crippen LogP contribution in [0.5, 0.6) is 5.75 Å². The van der Waals surface area contributed by atoms with Crippen LogP contribution in [0.4, 0.5) is 4.39 Å². The topological polar surface area (TPSA) is 58.6 Å². The Morgan fingerprint density at radius 3 is 2.23 bits per heavy atom. The number of rotatable bonds is 9. The Balaban J connectivity index is 2.16. The molecule has 0 heterocycles. The Morgan fingerprint density at radius 1 is 1.07 bits per heavy atom. The number of nitrogens with one attached hydrogen (secondary N) is 1. The van der Waals surface area contributed by atoms with Gasteiger partial charge in [0.05, 0.1) is 0 Å². The number of ether oxygens (including phenoxy) is 1. The van der Waals surface area contributed by atoms with E-state index in [-0.39, 0.29) is 36.8 Å². The molecule has 2 aromatic carbocycles. The third-order valence-corrected chi connectivity index (χ3v) is 4.99. The SMILES string of the molecule is CC[C@@H](C)NC(=O)[C@@H](C)N(Cc1ccc(F)cc1)C(=O)COc1cc(C)cc(C)c1. The van der Waals surface area contributed by atoms with Crippen LogP contribution < -0.4 is 10.1 Å². The summed E-state index contributed by atoms with van der Waals surface area (Å²) >= 11 is 0. The lowest BCUT2D eigenvalue weighted by Crippen LogP contribution is -2.50. The molecule has 0 aliphatic carbocycles. The van der Waals surface area contributed by atoms with E-state index in [2.05, 4.69) is 5.32 Å². The molecule has 2 rings (SSSR count).